The zero-order valence-corrected chi connectivity index (χ0v) is 20.7. The molecule has 3 nitrogen and oxygen atoms in total. The molecule has 0 saturated heterocycles. The van der Waals surface area contributed by atoms with E-state index in [1.807, 2.05) is 43.4 Å². The van der Waals surface area contributed by atoms with Gasteiger partial charge in [-0.1, -0.05) is 91.9 Å². The molecule has 0 aliphatic carbocycles. The summed E-state index contributed by atoms with van der Waals surface area (Å²) in [5.41, 5.74) is 4.82. The molecule has 3 heteroatoms. The fourth-order valence-corrected chi connectivity index (χ4v) is 4.39. The molecule has 0 radical (unpaired) electrons. The molecule has 4 aromatic carbocycles. The normalized spacial score (nSPS) is 11.3. The highest BCUT2D eigenvalue weighted by atomic mass is 16.5. The summed E-state index contributed by atoms with van der Waals surface area (Å²) >= 11 is 0. The lowest BCUT2D eigenvalue weighted by atomic mass is 9.73. The molecule has 35 heavy (non-hydrogen) atoms. The lowest BCUT2D eigenvalue weighted by Gasteiger charge is -2.31. The molecule has 4 rings (SSSR count). The van der Waals surface area contributed by atoms with Crippen LogP contribution in [0.3, 0.4) is 0 Å². The predicted octanol–water partition coefficient (Wildman–Crippen LogP) is 7.15. The molecule has 0 fully saturated rings. The van der Waals surface area contributed by atoms with E-state index in [-0.39, 0.29) is 5.41 Å². The summed E-state index contributed by atoms with van der Waals surface area (Å²) in [4.78, 5) is 0. The van der Waals surface area contributed by atoms with Gasteiger partial charge in [0.05, 0.1) is 0 Å². The van der Waals surface area contributed by atoms with E-state index in [0.29, 0.717) is 13.2 Å². The Hall–Kier alpha value is -3.56. The van der Waals surface area contributed by atoms with Gasteiger partial charge in [-0.25, -0.2) is 0 Å². The average molecular weight is 466 g/mol. The third-order valence-electron chi connectivity index (χ3n) is 6.58. The van der Waals surface area contributed by atoms with Crippen molar-refractivity contribution in [3.63, 3.8) is 0 Å². The lowest BCUT2D eigenvalue weighted by molar-refractivity contribution is 0.305. The van der Waals surface area contributed by atoms with Crippen molar-refractivity contribution in [1.82, 2.24) is 5.32 Å². The van der Waals surface area contributed by atoms with Crippen molar-refractivity contribution in [2.75, 3.05) is 13.6 Å². The summed E-state index contributed by atoms with van der Waals surface area (Å²) in [6.07, 6.45) is 2.13. The van der Waals surface area contributed by atoms with Gasteiger partial charge < -0.3 is 14.8 Å². The summed E-state index contributed by atoms with van der Waals surface area (Å²) in [6, 6.07) is 37.7. The van der Waals surface area contributed by atoms with Gasteiger partial charge in [0.25, 0.3) is 0 Å². The van der Waals surface area contributed by atoms with Crippen molar-refractivity contribution >= 4 is 0 Å². The smallest absolute Gasteiger partial charge is 0.119 e. The number of benzene rings is 4. The maximum atomic E-state index is 6.02. The van der Waals surface area contributed by atoms with E-state index in [0.717, 1.165) is 30.9 Å². The van der Waals surface area contributed by atoms with Crippen LogP contribution in [-0.2, 0) is 18.6 Å². The highest BCUT2D eigenvalue weighted by molar-refractivity contribution is 5.42. The first kappa shape index (κ1) is 24.6. The standard InChI is InChI=1S/C32H35NO2/c1-32(22-9-23-33-2,28-14-18-30(19-15-28)34-24-26-10-5-3-6-11-26)29-16-20-31(21-17-29)35-25-27-12-7-4-8-13-27/h3-8,10-21,33H,9,22-25H2,1-2H3. The fourth-order valence-electron chi connectivity index (χ4n) is 4.39. The molecule has 0 aliphatic heterocycles. The number of hydrogen-bond acceptors (Lipinski definition) is 3. The Kier molecular flexibility index (Phi) is 8.58. The topological polar surface area (TPSA) is 30.5 Å². The molecule has 0 aromatic heterocycles. The third-order valence-corrected chi connectivity index (χ3v) is 6.58. The highest BCUT2D eigenvalue weighted by Crippen LogP contribution is 2.38. The minimum Gasteiger partial charge on any atom is -0.489 e. The van der Waals surface area contributed by atoms with Gasteiger partial charge >= 0.3 is 0 Å². The Morgan fingerprint density at radius 3 is 1.43 bits per heavy atom. The molecular formula is C32H35NO2. The van der Waals surface area contributed by atoms with E-state index in [1.54, 1.807) is 0 Å². The SMILES string of the molecule is CNCCCC(C)(c1ccc(OCc2ccccc2)cc1)c1ccc(OCc2ccccc2)cc1. The Morgan fingerprint density at radius 1 is 0.600 bits per heavy atom. The summed E-state index contributed by atoms with van der Waals surface area (Å²) < 4.78 is 12.0. The van der Waals surface area contributed by atoms with Gasteiger partial charge in [-0.3, -0.25) is 0 Å². The van der Waals surface area contributed by atoms with Crippen LogP contribution in [0.25, 0.3) is 0 Å². The van der Waals surface area contributed by atoms with E-state index in [2.05, 4.69) is 85.0 Å². The van der Waals surface area contributed by atoms with Crippen LogP contribution in [0, 0.1) is 0 Å². The zero-order chi connectivity index (χ0) is 24.3. The Balaban J connectivity index is 1.47. The van der Waals surface area contributed by atoms with E-state index < -0.39 is 0 Å². The van der Waals surface area contributed by atoms with E-state index in [4.69, 9.17) is 9.47 Å². The number of nitrogens with one attached hydrogen (secondary N) is 1. The molecule has 0 unspecified atom stereocenters. The average Bonchev–Trinajstić information content (AvgIpc) is 2.92. The minimum atomic E-state index is -0.104. The molecule has 0 amide bonds. The van der Waals surface area contributed by atoms with Crippen molar-refractivity contribution in [3.05, 3.63) is 131 Å². The van der Waals surface area contributed by atoms with Crippen molar-refractivity contribution < 1.29 is 9.47 Å². The highest BCUT2D eigenvalue weighted by Gasteiger charge is 2.28. The van der Waals surface area contributed by atoms with Gasteiger partial charge in [0, 0.05) is 5.41 Å². The van der Waals surface area contributed by atoms with Gasteiger partial charge in [0.15, 0.2) is 0 Å². The largest absolute Gasteiger partial charge is 0.489 e. The summed E-state index contributed by atoms with van der Waals surface area (Å²) in [5, 5.41) is 3.29. The Morgan fingerprint density at radius 2 is 1.03 bits per heavy atom. The maximum absolute atomic E-state index is 6.02. The lowest BCUT2D eigenvalue weighted by Crippen LogP contribution is -2.25. The second kappa shape index (κ2) is 12.2. The zero-order valence-electron chi connectivity index (χ0n) is 20.7. The molecule has 0 atom stereocenters. The van der Waals surface area contributed by atoms with Crippen LogP contribution < -0.4 is 14.8 Å². The van der Waals surface area contributed by atoms with Crippen molar-refractivity contribution in [2.45, 2.75) is 38.4 Å². The third kappa shape index (κ3) is 6.74. The van der Waals surface area contributed by atoms with Crippen LogP contribution in [0.4, 0.5) is 0 Å². The Bertz CT molecular complexity index is 1050. The Labute approximate surface area is 209 Å². The summed E-state index contributed by atoms with van der Waals surface area (Å²) in [6.45, 7) is 4.47. The fraction of sp³-hybridized carbons (Fsp3) is 0.250. The number of hydrogen-bond donors (Lipinski definition) is 1. The molecule has 0 heterocycles. The molecule has 0 saturated carbocycles. The van der Waals surface area contributed by atoms with Crippen molar-refractivity contribution in [2.24, 2.45) is 0 Å². The van der Waals surface area contributed by atoms with Crippen LogP contribution in [0.2, 0.25) is 0 Å². The van der Waals surface area contributed by atoms with Crippen molar-refractivity contribution in [3.8, 4) is 11.5 Å². The van der Waals surface area contributed by atoms with Gasteiger partial charge in [-0.2, -0.15) is 0 Å². The van der Waals surface area contributed by atoms with E-state index in [9.17, 15) is 0 Å². The number of rotatable bonds is 12. The molecule has 0 bridgehead atoms. The van der Waals surface area contributed by atoms with Crippen LogP contribution >= 0.6 is 0 Å². The second-order valence-electron chi connectivity index (χ2n) is 9.14. The predicted molar refractivity (Wildman–Crippen MR) is 144 cm³/mol. The van der Waals surface area contributed by atoms with Crippen LogP contribution in [0.1, 0.15) is 42.0 Å². The summed E-state index contributed by atoms with van der Waals surface area (Å²) in [5.74, 6) is 1.78. The molecular weight excluding hydrogens is 430 g/mol. The van der Waals surface area contributed by atoms with Crippen LogP contribution in [-0.4, -0.2) is 13.6 Å². The minimum absolute atomic E-state index is 0.104. The first-order valence-electron chi connectivity index (χ1n) is 12.4. The van der Waals surface area contributed by atoms with Gasteiger partial charge in [0.2, 0.25) is 0 Å². The van der Waals surface area contributed by atoms with E-state index in [1.165, 1.54) is 22.3 Å². The molecule has 4 aromatic rings. The van der Waals surface area contributed by atoms with Crippen LogP contribution in [0.5, 0.6) is 11.5 Å². The van der Waals surface area contributed by atoms with Gasteiger partial charge in [-0.15, -0.1) is 0 Å². The maximum Gasteiger partial charge on any atom is 0.119 e. The molecule has 0 aliphatic rings. The summed E-state index contributed by atoms with van der Waals surface area (Å²) in [7, 11) is 2.01. The molecule has 1 N–H and O–H groups in total. The van der Waals surface area contributed by atoms with Gasteiger partial charge in [0.1, 0.15) is 24.7 Å². The second-order valence-corrected chi connectivity index (χ2v) is 9.14. The molecule has 0 spiro atoms. The first-order valence-corrected chi connectivity index (χ1v) is 12.4. The van der Waals surface area contributed by atoms with Gasteiger partial charge in [-0.05, 0) is 73.0 Å². The van der Waals surface area contributed by atoms with Crippen LogP contribution in [0.15, 0.2) is 109 Å². The van der Waals surface area contributed by atoms with Crippen molar-refractivity contribution in [1.29, 1.82) is 0 Å². The number of ether oxygens (including phenoxy) is 2. The van der Waals surface area contributed by atoms with E-state index >= 15 is 0 Å². The molecule has 180 valence electrons. The quantitative estimate of drug-likeness (QED) is 0.225. The first-order chi connectivity index (χ1) is 17.2. The monoisotopic (exact) mass is 465 g/mol.